The molecule has 0 heterocycles. The van der Waals surface area contributed by atoms with Gasteiger partial charge in [-0.05, 0) is 34.7 Å². The SMILES string of the molecule is CC1=Cc2c(-c3ccccc3)cccc2C1C(=C(C(=[C-]c1ccccc1)c1ccccc1)c1ccccc1)c1ccccc1.[Zr]. The van der Waals surface area contributed by atoms with Gasteiger partial charge in [-0.25, -0.2) is 0 Å². The number of rotatable bonds is 7. The monoisotopic (exact) mass is 651 g/mol. The third kappa shape index (κ3) is 6.33. The summed E-state index contributed by atoms with van der Waals surface area (Å²) in [5.74, 6) is 0.0718. The number of benzene rings is 6. The van der Waals surface area contributed by atoms with Crippen LogP contribution in [0.4, 0.5) is 0 Å². The average Bonchev–Trinajstić information content (AvgIpc) is 3.43. The smallest absolute Gasteiger partial charge is 0.0248 e. The van der Waals surface area contributed by atoms with Crippen molar-refractivity contribution in [2.24, 2.45) is 0 Å². The van der Waals surface area contributed by atoms with Crippen LogP contribution in [0.3, 0.4) is 0 Å². The van der Waals surface area contributed by atoms with Gasteiger partial charge < -0.3 is 0 Å². The van der Waals surface area contributed by atoms with Gasteiger partial charge in [0.1, 0.15) is 0 Å². The fourth-order valence-corrected chi connectivity index (χ4v) is 6.47. The van der Waals surface area contributed by atoms with Crippen LogP contribution < -0.4 is 0 Å². The summed E-state index contributed by atoms with van der Waals surface area (Å²) in [6, 6.07) is 60.5. The summed E-state index contributed by atoms with van der Waals surface area (Å²) < 4.78 is 0. The molecule has 1 aliphatic carbocycles. The van der Waals surface area contributed by atoms with Gasteiger partial charge in [0.25, 0.3) is 0 Å². The molecule has 6 aromatic rings. The molecule has 0 radical (unpaired) electrons. The summed E-state index contributed by atoms with van der Waals surface area (Å²) in [6.07, 6.45) is 6.29. The first kappa shape index (κ1) is 30.4. The zero-order chi connectivity index (χ0) is 29.7. The van der Waals surface area contributed by atoms with E-state index in [9.17, 15) is 0 Å². The van der Waals surface area contributed by atoms with Crippen molar-refractivity contribution < 1.29 is 26.2 Å². The first-order valence-corrected chi connectivity index (χ1v) is 15.2. The number of hydrogen-bond donors (Lipinski definition) is 0. The van der Waals surface area contributed by atoms with Crippen LogP contribution in [-0.2, 0) is 26.2 Å². The Balaban J connectivity index is 0.00000357. The van der Waals surface area contributed by atoms with Crippen molar-refractivity contribution in [3.05, 3.63) is 215 Å². The Morgan fingerprint density at radius 2 is 1.02 bits per heavy atom. The van der Waals surface area contributed by atoms with Crippen LogP contribution >= 0.6 is 0 Å². The van der Waals surface area contributed by atoms with Crippen molar-refractivity contribution in [2.45, 2.75) is 12.8 Å². The molecule has 0 saturated heterocycles. The molecule has 45 heavy (non-hydrogen) atoms. The predicted molar refractivity (Wildman–Crippen MR) is 187 cm³/mol. The molecule has 0 nitrogen and oxygen atoms in total. The van der Waals surface area contributed by atoms with Crippen LogP contribution in [0.1, 0.15) is 46.2 Å². The quantitative estimate of drug-likeness (QED) is 0.0914. The molecule has 0 N–H and O–H groups in total. The van der Waals surface area contributed by atoms with E-state index in [0.717, 1.165) is 16.7 Å². The topological polar surface area (TPSA) is 0 Å². The number of allylic oxidation sites excluding steroid dienone is 4. The second-order valence-corrected chi connectivity index (χ2v) is 11.2. The van der Waals surface area contributed by atoms with Crippen molar-refractivity contribution in [3.8, 4) is 11.1 Å². The second kappa shape index (κ2) is 14.0. The maximum atomic E-state index is 3.88. The van der Waals surface area contributed by atoms with Crippen LogP contribution in [0.5, 0.6) is 0 Å². The largest absolute Gasteiger partial charge is 0.123 e. The first-order chi connectivity index (χ1) is 21.8. The molecule has 0 spiro atoms. The Morgan fingerprint density at radius 1 is 0.511 bits per heavy atom. The second-order valence-electron chi connectivity index (χ2n) is 11.2. The van der Waals surface area contributed by atoms with E-state index in [0.29, 0.717) is 0 Å². The molecule has 0 aliphatic heterocycles. The van der Waals surface area contributed by atoms with E-state index in [1.165, 1.54) is 50.1 Å². The van der Waals surface area contributed by atoms with Crippen molar-refractivity contribution in [1.29, 1.82) is 0 Å². The Hall–Kier alpha value is -4.58. The summed E-state index contributed by atoms with van der Waals surface area (Å²) in [6.45, 7) is 2.29. The van der Waals surface area contributed by atoms with E-state index in [1.54, 1.807) is 0 Å². The van der Waals surface area contributed by atoms with Crippen molar-refractivity contribution in [1.82, 2.24) is 0 Å². The zero-order valence-corrected chi connectivity index (χ0v) is 27.8. The summed E-state index contributed by atoms with van der Waals surface area (Å²) in [4.78, 5) is 0. The van der Waals surface area contributed by atoms with Crippen LogP contribution in [-0.4, -0.2) is 0 Å². The van der Waals surface area contributed by atoms with E-state index in [1.807, 2.05) is 0 Å². The molecule has 7 rings (SSSR count). The van der Waals surface area contributed by atoms with Crippen molar-refractivity contribution >= 4 is 22.8 Å². The molecule has 1 aliphatic rings. The summed E-state index contributed by atoms with van der Waals surface area (Å²) >= 11 is 0. The third-order valence-corrected chi connectivity index (χ3v) is 8.42. The van der Waals surface area contributed by atoms with E-state index in [2.05, 4.69) is 189 Å². The molecule has 0 aromatic heterocycles. The number of hydrogen-bond acceptors (Lipinski definition) is 0. The summed E-state index contributed by atoms with van der Waals surface area (Å²) in [7, 11) is 0. The predicted octanol–water partition coefficient (Wildman–Crippen LogP) is 11.4. The van der Waals surface area contributed by atoms with Gasteiger partial charge in [0.05, 0.1) is 0 Å². The minimum Gasteiger partial charge on any atom is -0.123 e. The number of fused-ring (bicyclic) bond motifs is 1. The summed E-state index contributed by atoms with van der Waals surface area (Å²) in [5.41, 5.74) is 14.6. The van der Waals surface area contributed by atoms with Gasteiger partial charge in [-0.2, -0.15) is 0 Å². The zero-order valence-electron chi connectivity index (χ0n) is 25.3. The Labute approximate surface area is 286 Å². The third-order valence-electron chi connectivity index (χ3n) is 8.42. The van der Waals surface area contributed by atoms with Gasteiger partial charge in [0, 0.05) is 32.1 Å². The van der Waals surface area contributed by atoms with Gasteiger partial charge in [-0.3, -0.25) is 0 Å². The van der Waals surface area contributed by atoms with Crippen molar-refractivity contribution in [2.75, 3.05) is 0 Å². The molecule has 1 unspecified atom stereocenters. The van der Waals surface area contributed by atoms with Crippen molar-refractivity contribution in [3.63, 3.8) is 0 Å². The van der Waals surface area contributed by atoms with Gasteiger partial charge in [-0.15, -0.1) is 29.3 Å². The molecular weight excluding hydrogens is 620 g/mol. The molecule has 0 fully saturated rings. The van der Waals surface area contributed by atoms with Crippen LogP contribution in [0, 0.1) is 6.08 Å². The molecule has 6 aromatic carbocycles. The van der Waals surface area contributed by atoms with Gasteiger partial charge in [-0.1, -0.05) is 192 Å². The van der Waals surface area contributed by atoms with E-state index >= 15 is 0 Å². The van der Waals surface area contributed by atoms with Crippen LogP contribution in [0.2, 0.25) is 0 Å². The van der Waals surface area contributed by atoms with E-state index in [4.69, 9.17) is 0 Å². The molecule has 0 amide bonds. The molecule has 1 atom stereocenters. The minimum absolute atomic E-state index is 0. The standard InChI is InChI=1S/C44H33.Zr/c1-32-30-41-38(34-20-9-3-10-21-34)28-17-29-39(41)42(32)44(37-26-15-6-16-27-37)43(36-24-13-5-14-25-36)40(35-22-11-4-12-23-35)31-33-18-7-2-8-19-33;/h2-30,42H,1H3;/q-1;. The molecule has 0 bridgehead atoms. The Kier molecular flexibility index (Phi) is 9.49. The van der Waals surface area contributed by atoms with Gasteiger partial charge in [0.15, 0.2) is 0 Å². The maximum absolute atomic E-state index is 3.88. The molecule has 214 valence electrons. The fraction of sp³-hybridized carbons (Fsp3) is 0.0455. The van der Waals surface area contributed by atoms with Crippen LogP contribution in [0.15, 0.2) is 175 Å². The molecular formula is C44H33Zr-. The minimum atomic E-state index is 0. The first-order valence-electron chi connectivity index (χ1n) is 15.2. The normalized spacial score (nSPS) is 14.6. The Morgan fingerprint density at radius 3 is 1.62 bits per heavy atom. The molecule has 0 saturated carbocycles. The van der Waals surface area contributed by atoms with E-state index < -0.39 is 0 Å². The van der Waals surface area contributed by atoms with E-state index in [-0.39, 0.29) is 32.1 Å². The molecule has 1 heteroatoms. The van der Waals surface area contributed by atoms with Gasteiger partial charge >= 0.3 is 0 Å². The summed E-state index contributed by atoms with van der Waals surface area (Å²) in [5, 5.41) is 0. The van der Waals surface area contributed by atoms with Crippen LogP contribution in [0.25, 0.3) is 33.9 Å². The fourth-order valence-electron chi connectivity index (χ4n) is 6.47. The average molecular weight is 653 g/mol. The Bertz CT molecular complexity index is 1970. The van der Waals surface area contributed by atoms with Gasteiger partial charge in [0.2, 0.25) is 0 Å². The maximum Gasteiger partial charge on any atom is 0.0248 e.